The Morgan fingerprint density at radius 2 is 2.03 bits per heavy atom. The van der Waals surface area contributed by atoms with Crippen LogP contribution < -0.4 is 20.1 Å². The van der Waals surface area contributed by atoms with Crippen molar-refractivity contribution < 1.29 is 13.2 Å². The number of benzene rings is 1. The molecule has 3 rings (SSSR count). The van der Waals surface area contributed by atoms with Gasteiger partial charge in [-0.2, -0.15) is 0 Å². The molecule has 3 N–H and O–H groups in total. The summed E-state index contributed by atoms with van der Waals surface area (Å²) in [6.45, 7) is 3.98. The second-order valence-electron chi connectivity index (χ2n) is 7.30. The average Bonchev–Trinajstić information content (AvgIpc) is 3.58. The van der Waals surface area contributed by atoms with Crippen LogP contribution in [0.15, 0.2) is 52.6 Å². The molecule has 1 aromatic carbocycles. The zero-order chi connectivity index (χ0) is 21.4. The fraction of sp³-hybridized carbons (Fsp3) is 0.429. The highest BCUT2D eigenvalue weighted by Crippen LogP contribution is 2.30. The van der Waals surface area contributed by atoms with Crippen LogP contribution in [0.1, 0.15) is 24.0 Å². The Kier molecular flexibility index (Phi) is 9.97. The second kappa shape index (κ2) is 12.2. The fourth-order valence-electron chi connectivity index (χ4n) is 2.79. The molecule has 0 bridgehead atoms. The molecule has 1 saturated carbocycles. The van der Waals surface area contributed by atoms with Crippen LogP contribution >= 0.6 is 24.0 Å². The number of guanidine groups is 1. The van der Waals surface area contributed by atoms with Gasteiger partial charge in [-0.1, -0.05) is 12.1 Å². The van der Waals surface area contributed by atoms with Gasteiger partial charge in [0.05, 0.1) is 6.61 Å². The first kappa shape index (κ1) is 25.3. The summed E-state index contributed by atoms with van der Waals surface area (Å²) in [7, 11) is -1.89. The lowest BCUT2D eigenvalue weighted by Crippen LogP contribution is -2.41. The van der Waals surface area contributed by atoms with Crippen molar-refractivity contribution in [3.05, 3.63) is 53.9 Å². The molecule has 1 aliphatic rings. The molecular weight excluding hydrogens is 529 g/mol. The summed E-state index contributed by atoms with van der Waals surface area (Å²) in [6.07, 6.45) is 5.36. The molecule has 0 spiro atoms. The number of halogens is 1. The number of nitrogens with zero attached hydrogens (tertiary/aromatic N) is 2. The van der Waals surface area contributed by atoms with Crippen LogP contribution in [0.4, 0.5) is 0 Å². The summed E-state index contributed by atoms with van der Waals surface area (Å²) in [5.41, 5.74) is 2.22. The molecule has 0 aliphatic heterocycles. The van der Waals surface area contributed by atoms with E-state index in [1.165, 1.54) is 31.3 Å². The predicted molar refractivity (Wildman–Crippen MR) is 132 cm³/mol. The lowest BCUT2D eigenvalue weighted by atomic mass is 10.1. The van der Waals surface area contributed by atoms with Gasteiger partial charge < -0.3 is 15.4 Å². The molecule has 170 valence electrons. The minimum atomic E-state index is -3.57. The van der Waals surface area contributed by atoms with Gasteiger partial charge in [-0.3, -0.25) is 9.98 Å². The highest BCUT2D eigenvalue weighted by Gasteiger charge is 2.22. The lowest BCUT2D eigenvalue weighted by Gasteiger charge is -2.15. The van der Waals surface area contributed by atoms with E-state index in [2.05, 4.69) is 43.5 Å². The SMILES string of the molecule is CN=C(NCCNS(=O)(=O)c1cccnc1)NCc1ccc(C)cc1OCC1CC1.I. The van der Waals surface area contributed by atoms with Crippen LogP contribution in [-0.2, 0) is 16.6 Å². The maximum absolute atomic E-state index is 12.2. The Bertz CT molecular complexity index is 966. The van der Waals surface area contributed by atoms with E-state index in [4.69, 9.17) is 4.74 Å². The van der Waals surface area contributed by atoms with Crippen LogP contribution in [0, 0.1) is 12.8 Å². The van der Waals surface area contributed by atoms with Crippen molar-refractivity contribution >= 4 is 40.0 Å². The summed E-state index contributed by atoms with van der Waals surface area (Å²) in [6, 6.07) is 9.27. The third kappa shape index (κ3) is 8.26. The molecule has 0 saturated heterocycles. The monoisotopic (exact) mass is 559 g/mol. The Balaban J connectivity index is 0.00000341. The van der Waals surface area contributed by atoms with Gasteiger partial charge in [0.15, 0.2) is 5.96 Å². The summed E-state index contributed by atoms with van der Waals surface area (Å²) in [5.74, 6) is 2.18. The fourth-order valence-corrected chi connectivity index (χ4v) is 3.78. The van der Waals surface area contributed by atoms with E-state index >= 15 is 0 Å². The molecule has 1 aliphatic carbocycles. The summed E-state index contributed by atoms with van der Waals surface area (Å²) in [4.78, 5) is 8.18. The Morgan fingerprint density at radius 1 is 1.23 bits per heavy atom. The average molecular weight is 559 g/mol. The van der Waals surface area contributed by atoms with Crippen molar-refractivity contribution in [1.29, 1.82) is 0 Å². The van der Waals surface area contributed by atoms with Gasteiger partial charge in [-0.05, 0) is 49.4 Å². The number of rotatable bonds is 10. The lowest BCUT2D eigenvalue weighted by molar-refractivity contribution is 0.296. The molecule has 0 atom stereocenters. The molecule has 1 heterocycles. The summed E-state index contributed by atoms with van der Waals surface area (Å²) >= 11 is 0. The normalized spacial score (nSPS) is 13.9. The predicted octanol–water partition coefficient (Wildman–Crippen LogP) is 2.44. The van der Waals surface area contributed by atoms with Gasteiger partial charge in [0.25, 0.3) is 0 Å². The number of pyridine rings is 1. The van der Waals surface area contributed by atoms with Crippen LogP contribution in [0.5, 0.6) is 5.75 Å². The van der Waals surface area contributed by atoms with Crippen LogP contribution in [0.3, 0.4) is 0 Å². The first-order chi connectivity index (χ1) is 14.5. The van der Waals surface area contributed by atoms with Gasteiger partial charge in [-0.15, -0.1) is 24.0 Å². The highest BCUT2D eigenvalue weighted by molar-refractivity contribution is 14.0. The number of aliphatic imine (C=N–C) groups is 1. The standard InChI is InChI=1S/C21H29N5O3S.HI/c1-16-5-8-18(20(12-16)29-15-17-6-7-17)13-25-21(22-2)24-10-11-26-30(27,28)19-4-3-9-23-14-19;/h3-5,8-9,12,14,17,26H,6-7,10-11,13,15H2,1-2H3,(H2,22,24,25);1H. The molecular formula is C21H30IN5O3S. The van der Waals surface area contributed by atoms with E-state index < -0.39 is 10.0 Å². The van der Waals surface area contributed by atoms with Gasteiger partial charge in [0.1, 0.15) is 10.6 Å². The third-order valence-corrected chi connectivity index (χ3v) is 6.16. The third-order valence-electron chi connectivity index (χ3n) is 4.72. The molecule has 1 fully saturated rings. The molecule has 0 radical (unpaired) electrons. The molecule has 2 aromatic rings. The number of aromatic nitrogens is 1. The topological polar surface area (TPSA) is 105 Å². The first-order valence-electron chi connectivity index (χ1n) is 10.0. The van der Waals surface area contributed by atoms with Gasteiger partial charge in [-0.25, -0.2) is 13.1 Å². The Labute approximate surface area is 201 Å². The van der Waals surface area contributed by atoms with Crippen LogP contribution in [0.25, 0.3) is 0 Å². The van der Waals surface area contributed by atoms with Crippen LogP contribution in [0.2, 0.25) is 0 Å². The Morgan fingerprint density at radius 3 is 2.71 bits per heavy atom. The van der Waals surface area contributed by atoms with Crippen molar-refractivity contribution in [1.82, 2.24) is 20.3 Å². The number of aryl methyl sites for hydroxylation is 1. The summed E-state index contributed by atoms with van der Waals surface area (Å²) < 4.78 is 32.9. The van der Waals surface area contributed by atoms with Gasteiger partial charge in [0.2, 0.25) is 10.0 Å². The van der Waals surface area contributed by atoms with E-state index in [-0.39, 0.29) is 35.4 Å². The van der Waals surface area contributed by atoms with E-state index in [0.29, 0.717) is 25.0 Å². The minimum absolute atomic E-state index is 0. The van der Waals surface area contributed by atoms with E-state index in [1.807, 2.05) is 6.92 Å². The highest BCUT2D eigenvalue weighted by atomic mass is 127. The zero-order valence-corrected chi connectivity index (χ0v) is 20.9. The first-order valence-corrected chi connectivity index (χ1v) is 11.5. The molecule has 0 amide bonds. The maximum Gasteiger partial charge on any atom is 0.242 e. The molecule has 0 unspecified atom stereocenters. The van der Waals surface area contributed by atoms with E-state index in [9.17, 15) is 8.42 Å². The smallest absolute Gasteiger partial charge is 0.242 e. The quantitative estimate of drug-likeness (QED) is 0.179. The van der Waals surface area contributed by atoms with Crippen LogP contribution in [-0.4, -0.2) is 46.1 Å². The molecule has 8 nitrogen and oxygen atoms in total. The molecule has 10 heteroatoms. The zero-order valence-electron chi connectivity index (χ0n) is 17.8. The number of ether oxygens (including phenoxy) is 1. The molecule has 31 heavy (non-hydrogen) atoms. The second-order valence-corrected chi connectivity index (χ2v) is 9.07. The molecule has 1 aromatic heterocycles. The van der Waals surface area contributed by atoms with Crippen molar-refractivity contribution in [3.63, 3.8) is 0 Å². The van der Waals surface area contributed by atoms with Crippen molar-refractivity contribution in [2.75, 3.05) is 26.7 Å². The van der Waals surface area contributed by atoms with Gasteiger partial charge in [0, 0.05) is 44.6 Å². The number of nitrogens with one attached hydrogen (secondary N) is 3. The number of sulfonamides is 1. The number of hydrogen-bond donors (Lipinski definition) is 3. The Hall–Kier alpha value is -1.92. The largest absolute Gasteiger partial charge is 0.493 e. The van der Waals surface area contributed by atoms with Gasteiger partial charge >= 0.3 is 0 Å². The van der Waals surface area contributed by atoms with Crippen molar-refractivity contribution in [2.24, 2.45) is 10.9 Å². The summed E-state index contributed by atoms with van der Waals surface area (Å²) in [5, 5.41) is 6.36. The van der Waals surface area contributed by atoms with Crippen molar-refractivity contribution in [2.45, 2.75) is 31.2 Å². The van der Waals surface area contributed by atoms with E-state index in [1.54, 1.807) is 13.1 Å². The minimum Gasteiger partial charge on any atom is -0.493 e. The van der Waals surface area contributed by atoms with Crippen molar-refractivity contribution in [3.8, 4) is 5.75 Å². The number of hydrogen-bond acceptors (Lipinski definition) is 5. The van der Waals surface area contributed by atoms with E-state index in [0.717, 1.165) is 23.5 Å². The maximum atomic E-state index is 12.2.